The summed E-state index contributed by atoms with van der Waals surface area (Å²) in [7, 11) is 3.16. The van der Waals surface area contributed by atoms with Crippen LogP contribution in [0.5, 0.6) is 0 Å². The Labute approximate surface area is 153 Å². The molecular weight excluding hydrogens is 330 g/mol. The molecule has 2 rings (SSSR count). The number of pyridine rings is 1. The van der Waals surface area contributed by atoms with Gasteiger partial charge in [0.1, 0.15) is 0 Å². The van der Waals surface area contributed by atoms with Crippen LogP contribution in [-0.2, 0) is 11.8 Å². The summed E-state index contributed by atoms with van der Waals surface area (Å²) in [6, 6.07) is 11.4. The van der Waals surface area contributed by atoms with Gasteiger partial charge in [-0.05, 0) is 24.5 Å². The highest BCUT2D eigenvalue weighted by Gasteiger charge is 2.22. The number of rotatable bonds is 6. The van der Waals surface area contributed by atoms with Crippen LogP contribution < -0.4 is 10.9 Å². The molecule has 6 nitrogen and oxygen atoms in total. The Balaban J connectivity index is 2.30. The van der Waals surface area contributed by atoms with Gasteiger partial charge in [-0.2, -0.15) is 0 Å². The van der Waals surface area contributed by atoms with Crippen molar-refractivity contribution in [2.75, 3.05) is 20.1 Å². The first-order valence-corrected chi connectivity index (χ1v) is 8.55. The molecule has 0 bridgehead atoms. The molecule has 0 spiro atoms. The van der Waals surface area contributed by atoms with E-state index >= 15 is 0 Å². The first kappa shape index (κ1) is 19.4. The molecule has 0 radical (unpaired) electrons. The van der Waals surface area contributed by atoms with Crippen molar-refractivity contribution in [1.29, 1.82) is 0 Å². The lowest BCUT2D eigenvalue weighted by molar-refractivity contribution is -0.121. The van der Waals surface area contributed by atoms with Crippen LogP contribution in [-0.4, -0.2) is 41.4 Å². The lowest BCUT2D eigenvalue weighted by Crippen LogP contribution is -2.42. The van der Waals surface area contributed by atoms with E-state index < -0.39 is 0 Å². The molecule has 2 aromatic rings. The summed E-state index contributed by atoms with van der Waals surface area (Å²) in [4.78, 5) is 38.3. The standard InChI is InChI=1S/C20H25N3O3/c1-14-10-17(12-22(4)19(14)25)20(26)23(13-18(24)21-3)11-15(2)16-8-6-5-7-9-16/h5-10,12,15H,11,13H2,1-4H3,(H,21,24). The molecule has 26 heavy (non-hydrogen) atoms. The van der Waals surface area contributed by atoms with Gasteiger partial charge in [0.2, 0.25) is 5.91 Å². The number of hydrogen-bond donors (Lipinski definition) is 1. The zero-order valence-electron chi connectivity index (χ0n) is 15.7. The smallest absolute Gasteiger partial charge is 0.255 e. The molecule has 1 heterocycles. The molecule has 2 amide bonds. The second-order valence-corrected chi connectivity index (χ2v) is 6.50. The fourth-order valence-corrected chi connectivity index (χ4v) is 2.87. The van der Waals surface area contributed by atoms with E-state index in [1.54, 1.807) is 27.1 Å². The number of hydrogen-bond acceptors (Lipinski definition) is 3. The number of aryl methyl sites for hydroxylation is 2. The fourth-order valence-electron chi connectivity index (χ4n) is 2.87. The van der Waals surface area contributed by atoms with Gasteiger partial charge in [-0.15, -0.1) is 0 Å². The van der Waals surface area contributed by atoms with E-state index in [-0.39, 0.29) is 29.8 Å². The van der Waals surface area contributed by atoms with E-state index in [2.05, 4.69) is 5.32 Å². The molecule has 0 saturated carbocycles. The van der Waals surface area contributed by atoms with Gasteiger partial charge in [-0.25, -0.2) is 0 Å². The minimum absolute atomic E-state index is 0.0333. The number of amides is 2. The average Bonchev–Trinajstić information content (AvgIpc) is 2.64. The summed E-state index contributed by atoms with van der Waals surface area (Å²) < 4.78 is 1.39. The Bertz CT molecular complexity index is 817. The third kappa shape index (κ3) is 4.59. The Morgan fingerprint density at radius 2 is 1.88 bits per heavy atom. The molecule has 1 aromatic heterocycles. The van der Waals surface area contributed by atoms with Crippen LogP contribution in [0.1, 0.15) is 34.3 Å². The molecule has 6 heteroatoms. The van der Waals surface area contributed by atoms with E-state index in [1.165, 1.54) is 15.7 Å². The topological polar surface area (TPSA) is 71.4 Å². The predicted molar refractivity (Wildman–Crippen MR) is 101 cm³/mol. The average molecular weight is 355 g/mol. The highest BCUT2D eigenvalue weighted by molar-refractivity contribution is 5.96. The molecule has 0 aliphatic heterocycles. The number of nitrogens with one attached hydrogen (secondary N) is 1. The second kappa shape index (κ2) is 8.47. The van der Waals surface area contributed by atoms with Gasteiger partial charge in [0.15, 0.2) is 0 Å². The van der Waals surface area contributed by atoms with Gasteiger partial charge in [-0.1, -0.05) is 37.3 Å². The molecule has 1 unspecified atom stereocenters. The van der Waals surface area contributed by atoms with E-state index in [9.17, 15) is 14.4 Å². The minimum atomic E-state index is -0.268. The summed E-state index contributed by atoms with van der Waals surface area (Å²) in [5, 5.41) is 2.56. The maximum Gasteiger partial charge on any atom is 0.255 e. The van der Waals surface area contributed by atoms with Gasteiger partial charge in [0, 0.05) is 32.4 Å². The molecule has 0 aliphatic rings. The predicted octanol–water partition coefficient (Wildman–Crippen LogP) is 1.69. The maximum absolute atomic E-state index is 13.0. The van der Waals surface area contributed by atoms with E-state index in [1.807, 2.05) is 37.3 Å². The van der Waals surface area contributed by atoms with Crippen molar-refractivity contribution in [2.45, 2.75) is 19.8 Å². The van der Waals surface area contributed by atoms with Crippen molar-refractivity contribution in [2.24, 2.45) is 7.05 Å². The number of likely N-dealkylation sites (N-methyl/N-ethyl adjacent to an activating group) is 1. The van der Waals surface area contributed by atoms with E-state index in [4.69, 9.17) is 0 Å². The number of benzene rings is 1. The van der Waals surface area contributed by atoms with Gasteiger partial charge >= 0.3 is 0 Å². The normalized spacial score (nSPS) is 11.7. The zero-order chi connectivity index (χ0) is 19.3. The highest BCUT2D eigenvalue weighted by atomic mass is 16.2. The molecule has 1 atom stereocenters. The molecule has 0 aliphatic carbocycles. The van der Waals surface area contributed by atoms with Crippen molar-refractivity contribution in [3.05, 3.63) is 69.6 Å². The second-order valence-electron chi connectivity index (χ2n) is 6.50. The zero-order valence-corrected chi connectivity index (χ0v) is 15.7. The monoisotopic (exact) mass is 355 g/mol. The largest absolute Gasteiger partial charge is 0.358 e. The molecule has 1 aromatic carbocycles. The molecule has 1 N–H and O–H groups in total. The quantitative estimate of drug-likeness (QED) is 0.857. The SMILES string of the molecule is CNC(=O)CN(CC(C)c1ccccc1)C(=O)c1cc(C)c(=O)n(C)c1. The van der Waals surface area contributed by atoms with Gasteiger partial charge < -0.3 is 14.8 Å². The summed E-state index contributed by atoms with van der Waals surface area (Å²) in [5.74, 6) is -0.436. The maximum atomic E-state index is 13.0. The van der Waals surface area contributed by atoms with Crippen LogP contribution in [0.4, 0.5) is 0 Å². The number of nitrogens with zero attached hydrogens (tertiary/aromatic N) is 2. The van der Waals surface area contributed by atoms with Crippen molar-refractivity contribution in [3.8, 4) is 0 Å². The van der Waals surface area contributed by atoms with Crippen LogP contribution >= 0.6 is 0 Å². The van der Waals surface area contributed by atoms with Crippen LogP contribution in [0, 0.1) is 6.92 Å². The van der Waals surface area contributed by atoms with Gasteiger partial charge in [-0.3, -0.25) is 14.4 Å². The fraction of sp³-hybridized carbons (Fsp3) is 0.350. The Kier molecular flexibility index (Phi) is 6.33. The molecule has 0 saturated heterocycles. The van der Waals surface area contributed by atoms with E-state index in [0.29, 0.717) is 17.7 Å². The number of carbonyl (C=O) groups excluding carboxylic acids is 2. The van der Waals surface area contributed by atoms with Crippen LogP contribution in [0.2, 0.25) is 0 Å². The third-order valence-corrected chi connectivity index (χ3v) is 4.37. The van der Waals surface area contributed by atoms with Crippen molar-refractivity contribution in [1.82, 2.24) is 14.8 Å². The summed E-state index contributed by atoms with van der Waals surface area (Å²) in [5.41, 5.74) is 1.85. The Morgan fingerprint density at radius 3 is 2.46 bits per heavy atom. The minimum Gasteiger partial charge on any atom is -0.358 e. The number of aromatic nitrogens is 1. The van der Waals surface area contributed by atoms with Crippen LogP contribution in [0.25, 0.3) is 0 Å². The van der Waals surface area contributed by atoms with Crippen LogP contribution in [0.15, 0.2) is 47.4 Å². The van der Waals surface area contributed by atoms with Crippen molar-refractivity contribution >= 4 is 11.8 Å². The summed E-state index contributed by atoms with van der Waals surface area (Å²) >= 11 is 0. The lowest BCUT2D eigenvalue weighted by atomic mass is 10.0. The molecular formula is C20H25N3O3. The van der Waals surface area contributed by atoms with Crippen molar-refractivity contribution < 1.29 is 9.59 Å². The molecule has 0 fully saturated rings. The van der Waals surface area contributed by atoms with Gasteiger partial charge in [0.05, 0.1) is 12.1 Å². The lowest BCUT2D eigenvalue weighted by Gasteiger charge is -2.26. The first-order chi connectivity index (χ1) is 12.3. The third-order valence-electron chi connectivity index (χ3n) is 4.37. The first-order valence-electron chi connectivity index (χ1n) is 8.55. The van der Waals surface area contributed by atoms with Gasteiger partial charge in [0.25, 0.3) is 11.5 Å². The van der Waals surface area contributed by atoms with Crippen molar-refractivity contribution in [3.63, 3.8) is 0 Å². The molecule has 138 valence electrons. The Morgan fingerprint density at radius 1 is 1.23 bits per heavy atom. The summed E-state index contributed by atoms with van der Waals surface area (Å²) in [6.07, 6.45) is 1.52. The number of carbonyl (C=O) groups is 2. The van der Waals surface area contributed by atoms with Crippen LogP contribution in [0.3, 0.4) is 0 Å². The van der Waals surface area contributed by atoms with E-state index in [0.717, 1.165) is 5.56 Å². The highest BCUT2D eigenvalue weighted by Crippen LogP contribution is 2.17. The summed E-state index contributed by atoms with van der Waals surface area (Å²) in [6.45, 7) is 4.06. The Hall–Kier alpha value is -2.89.